The van der Waals surface area contributed by atoms with E-state index < -0.39 is 0 Å². The van der Waals surface area contributed by atoms with Crippen LogP contribution in [0.4, 0.5) is 0 Å². The zero-order valence-corrected chi connectivity index (χ0v) is 26.1. The lowest BCUT2D eigenvalue weighted by Gasteiger charge is -2.21. The van der Waals surface area contributed by atoms with Gasteiger partial charge in [-0.3, -0.25) is 0 Å². The monoisotopic (exact) mass is 584 g/mol. The third-order valence-electron chi connectivity index (χ3n) is 10.6. The van der Waals surface area contributed by atoms with Gasteiger partial charge in [0, 0.05) is 0 Å². The van der Waals surface area contributed by atoms with Gasteiger partial charge in [0.2, 0.25) is 0 Å². The van der Waals surface area contributed by atoms with Gasteiger partial charge in [0.1, 0.15) is 0 Å². The Bertz CT molecular complexity index is 2670. The van der Waals surface area contributed by atoms with Crippen molar-refractivity contribution in [3.63, 3.8) is 0 Å². The Morgan fingerprint density at radius 2 is 0.978 bits per heavy atom. The standard InChI is InChI=1S/C46H32/c1-3-27-20-32-21-28(4-2)23-40-37-26-41-38(25-36(37)39(22-27)44(32)40)42-24-35(29-12-7-5-8-13-29)33-17-11-16-31-18-19-34(46(42)45(31)33)43(41)30-14-9-6-10-15-30/h5-26H,3-4H2,1-2H3. The molecule has 0 nitrogen and oxygen atoms in total. The predicted octanol–water partition coefficient (Wildman–Crippen LogP) is 13.0. The molecule has 0 radical (unpaired) electrons. The van der Waals surface area contributed by atoms with Gasteiger partial charge >= 0.3 is 0 Å². The molecule has 0 heteroatoms. The van der Waals surface area contributed by atoms with Crippen molar-refractivity contribution in [2.45, 2.75) is 26.7 Å². The fraction of sp³-hybridized carbons (Fsp3) is 0.0870. The molecule has 216 valence electrons. The summed E-state index contributed by atoms with van der Waals surface area (Å²) in [6, 6.07) is 50.8. The van der Waals surface area contributed by atoms with Crippen LogP contribution in [0.25, 0.3) is 98.4 Å². The van der Waals surface area contributed by atoms with Crippen LogP contribution in [0.15, 0.2) is 133 Å². The van der Waals surface area contributed by atoms with Crippen molar-refractivity contribution >= 4 is 53.9 Å². The van der Waals surface area contributed by atoms with Crippen LogP contribution in [0.3, 0.4) is 0 Å². The van der Waals surface area contributed by atoms with Gasteiger partial charge in [-0.05, 0) is 141 Å². The van der Waals surface area contributed by atoms with E-state index in [2.05, 4.69) is 147 Å². The highest BCUT2D eigenvalue weighted by Crippen LogP contribution is 2.53. The van der Waals surface area contributed by atoms with E-state index in [-0.39, 0.29) is 0 Å². The molecule has 0 unspecified atom stereocenters. The zero-order chi connectivity index (χ0) is 30.5. The SMILES string of the molecule is CCc1cc2c3c(cc(CC)cc3c1)-c1cc3c(cc1-2)c(-c1ccccc1)c1ccc2cccc4c(-c5ccccc5)cc3c1c24. The molecule has 0 aliphatic heterocycles. The van der Waals surface area contributed by atoms with Crippen LogP contribution in [0, 0.1) is 0 Å². The van der Waals surface area contributed by atoms with Gasteiger partial charge in [-0.15, -0.1) is 0 Å². The molecule has 0 heterocycles. The summed E-state index contributed by atoms with van der Waals surface area (Å²) in [5.41, 5.74) is 13.5. The van der Waals surface area contributed by atoms with Crippen LogP contribution in [0.5, 0.6) is 0 Å². The summed E-state index contributed by atoms with van der Waals surface area (Å²) in [7, 11) is 0. The summed E-state index contributed by atoms with van der Waals surface area (Å²) in [4.78, 5) is 0. The quantitative estimate of drug-likeness (QED) is 0.143. The second kappa shape index (κ2) is 9.52. The molecule has 0 atom stereocenters. The molecule has 0 saturated carbocycles. The molecule has 0 aromatic heterocycles. The Hall–Kier alpha value is -5.46. The van der Waals surface area contributed by atoms with Gasteiger partial charge in [0.15, 0.2) is 0 Å². The minimum atomic E-state index is 1.03. The van der Waals surface area contributed by atoms with Gasteiger partial charge in [-0.1, -0.05) is 129 Å². The highest BCUT2D eigenvalue weighted by Gasteiger charge is 2.26. The van der Waals surface area contributed by atoms with Crippen LogP contribution in [0.1, 0.15) is 25.0 Å². The van der Waals surface area contributed by atoms with E-state index in [1.807, 2.05) is 0 Å². The predicted molar refractivity (Wildman–Crippen MR) is 199 cm³/mol. The molecule has 1 aliphatic rings. The summed E-state index contributed by atoms with van der Waals surface area (Å²) in [6.45, 7) is 4.55. The van der Waals surface area contributed by atoms with Crippen molar-refractivity contribution in [2.75, 3.05) is 0 Å². The third kappa shape index (κ3) is 3.45. The molecule has 10 rings (SSSR count). The fourth-order valence-corrected chi connectivity index (χ4v) is 8.46. The maximum Gasteiger partial charge on any atom is -0.00137 e. The Balaban J connectivity index is 1.44. The van der Waals surface area contributed by atoms with Gasteiger partial charge < -0.3 is 0 Å². The number of hydrogen-bond donors (Lipinski definition) is 0. The molecule has 0 N–H and O–H groups in total. The Morgan fingerprint density at radius 1 is 0.348 bits per heavy atom. The summed E-state index contributed by atoms with van der Waals surface area (Å²) in [6.07, 6.45) is 2.06. The van der Waals surface area contributed by atoms with E-state index >= 15 is 0 Å². The number of rotatable bonds is 4. The van der Waals surface area contributed by atoms with Gasteiger partial charge in [0.05, 0.1) is 0 Å². The fourth-order valence-electron chi connectivity index (χ4n) is 8.46. The molecule has 9 aromatic carbocycles. The van der Waals surface area contributed by atoms with Crippen molar-refractivity contribution in [3.05, 3.63) is 145 Å². The van der Waals surface area contributed by atoms with Crippen LogP contribution >= 0.6 is 0 Å². The van der Waals surface area contributed by atoms with Crippen LogP contribution < -0.4 is 0 Å². The summed E-state index contributed by atoms with van der Waals surface area (Å²) < 4.78 is 0. The van der Waals surface area contributed by atoms with Gasteiger partial charge in [-0.2, -0.15) is 0 Å². The van der Waals surface area contributed by atoms with Crippen molar-refractivity contribution in [2.24, 2.45) is 0 Å². The molecule has 0 amide bonds. The van der Waals surface area contributed by atoms with E-state index in [1.54, 1.807) is 0 Å². The van der Waals surface area contributed by atoms with Crippen molar-refractivity contribution < 1.29 is 0 Å². The lowest BCUT2D eigenvalue weighted by molar-refractivity contribution is 1.14. The molecular formula is C46H32. The summed E-state index contributed by atoms with van der Waals surface area (Å²) in [5, 5.41) is 13.5. The minimum Gasteiger partial charge on any atom is -0.0622 e. The van der Waals surface area contributed by atoms with Crippen LogP contribution in [-0.4, -0.2) is 0 Å². The van der Waals surface area contributed by atoms with Gasteiger partial charge in [0.25, 0.3) is 0 Å². The van der Waals surface area contributed by atoms with Gasteiger partial charge in [-0.25, -0.2) is 0 Å². The number of aryl methyl sites for hydroxylation is 2. The first kappa shape index (κ1) is 25.8. The molecule has 1 aliphatic carbocycles. The first-order chi connectivity index (χ1) is 22.7. The Labute approximate surface area is 268 Å². The van der Waals surface area contributed by atoms with Crippen LogP contribution in [-0.2, 0) is 12.8 Å². The zero-order valence-electron chi connectivity index (χ0n) is 26.1. The highest BCUT2D eigenvalue weighted by atomic mass is 14.3. The highest BCUT2D eigenvalue weighted by molar-refractivity contribution is 6.36. The second-order valence-electron chi connectivity index (χ2n) is 13.0. The molecule has 0 fully saturated rings. The molecular weight excluding hydrogens is 553 g/mol. The molecule has 0 spiro atoms. The smallest absolute Gasteiger partial charge is 0.00137 e. The molecule has 9 aromatic rings. The van der Waals surface area contributed by atoms with E-state index in [4.69, 9.17) is 0 Å². The average Bonchev–Trinajstić information content (AvgIpc) is 3.42. The lowest BCUT2D eigenvalue weighted by Crippen LogP contribution is -1.93. The first-order valence-electron chi connectivity index (χ1n) is 16.6. The molecule has 0 bridgehead atoms. The molecule has 46 heavy (non-hydrogen) atoms. The van der Waals surface area contributed by atoms with E-state index in [1.165, 1.54) is 109 Å². The third-order valence-corrected chi connectivity index (χ3v) is 10.6. The van der Waals surface area contributed by atoms with E-state index in [9.17, 15) is 0 Å². The average molecular weight is 585 g/mol. The van der Waals surface area contributed by atoms with E-state index in [0.717, 1.165) is 12.8 Å². The Kier molecular flexibility index (Phi) is 5.35. The summed E-state index contributed by atoms with van der Waals surface area (Å²) in [5.74, 6) is 0. The Morgan fingerprint density at radius 3 is 1.65 bits per heavy atom. The summed E-state index contributed by atoms with van der Waals surface area (Å²) >= 11 is 0. The van der Waals surface area contributed by atoms with Crippen LogP contribution in [0.2, 0.25) is 0 Å². The van der Waals surface area contributed by atoms with Crippen molar-refractivity contribution in [1.29, 1.82) is 0 Å². The van der Waals surface area contributed by atoms with Crippen molar-refractivity contribution in [3.8, 4) is 44.5 Å². The van der Waals surface area contributed by atoms with E-state index in [0.29, 0.717) is 0 Å². The normalized spacial score (nSPS) is 12.3. The van der Waals surface area contributed by atoms with Crippen molar-refractivity contribution in [1.82, 2.24) is 0 Å². The topological polar surface area (TPSA) is 0 Å². The number of benzene rings is 9. The largest absolute Gasteiger partial charge is 0.0622 e. The lowest BCUT2D eigenvalue weighted by atomic mass is 9.82. The maximum atomic E-state index is 2.54. The minimum absolute atomic E-state index is 1.03. The first-order valence-corrected chi connectivity index (χ1v) is 16.6. The maximum absolute atomic E-state index is 2.54. The second-order valence-corrected chi connectivity index (χ2v) is 13.0. The number of fused-ring (bicyclic) bond motifs is 5. The number of hydrogen-bond acceptors (Lipinski definition) is 0. The molecule has 0 saturated heterocycles.